The smallest absolute Gasteiger partial charge is 0.385 e. The van der Waals surface area contributed by atoms with Gasteiger partial charge in [-0.1, -0.05) is 24.3 Å². The lowest BCUT2D eigenvalue weighted by Gasteiger charge is -2.39. The molecule has 0 aliphatic carbocycles. The average molecular weight is 517 g/mol. The Morgan fingerprint density at radius 1 is 1.17 bits per heavy atom. The van der Waals surface area contributed by atoms with Crippen molar-refractivity contribution in [2.45, 2.75) is 43.5 Å². The van der Waals surface area contributed by atoms with E-state index in [4.69, 9.17) is 12.2 Å². The SMILES string of the molecule is O=C(CC[C@@H]1Nc2c3ccccc3nc(=S)n2C1=O)N1CCC(O)(c2cccc(C(F)(F)F)c2)CC1. The largest absolute Gasteiger partial charge is 0.416 e. The predicted molar refractivity (Wildman–Crippen MR) is 129 cm³/mol. The standard InChI is InChI=1S/C25H23F3N4O3S/c26-25(27,28)16-5-3-4-15(14-16)24(35)10-12-31(13-11-24)20(33)9-8-19-22(34)32-21(29-19)17-6-1-2-7-18(17)30-23(32)36/h1-7,14,19,29,35H,8-13H2/t19-/m0/s1. The van der Waals surface area contributed by atoms with E-state index in [1.807, 2.05) is 24.3 Å². The number of carbonyl (C=O) groups is 2. The van der Waals surface area contributed by atoms with Crippen LogP contribution in [-0.2, 0) is 16.6 Å². The van der Waals surface area contributed by atoms with E-state index in [2.05, 4.69) is 10.3 Å². The van der Waals surface area contributed by atoms with Crippen LogP contribution < -0.4 is 5.32 Å². The molecule has 7 nitrogen and oxygen atoms in total. The Labute approximate surface area is 209 Å². The lowest BCUT2D eigenvalue weighted by molar-refractivity contribution is -0.137. The number of halogens is 3. The quantitative estimate of drug-likeness (QED) is 0.497. The summed E-state index contributed by atoms with van der Waals surface area (Å²) in [4.78, 5) is 31.7. The third-order valence-electron chi connectivity index (χ3n) is 6.94. The van der Waals surface area contributed by atoms with E-state index < -0.39 is 23.4 Å². The average Bonchev–Trinajstić information content (AvgIpc) is 3.19. The Kier molecular flexibility index (Phi) is 6.08. The van der Waals surface area contributed by atoms with Crippen molar-refractivity contribution < 1.29 is 27.9 Å². The number of likely N-dealkylation sites (tertiary alicyclic amines) is 1. The van der Waals surface area contributed by atoms with Gasteiger partial charge in [0.2, 0.25) is 10.7 Å². The molecule has 1 aromatic heterocycles. The molecule has 2 aliphatic rings. The molecule has 1 fully saturated rings. The topological polar surface area (TPSA) is 87.5 Å². The number of carbonyl (C=O) groups excluding carboxylic acids is 2. The van der Waals surface area contributed by atoms with Crippen molar-refractivity contribution in [1.29, 1.82) is 0 Å². The van der Waals surface area contributed by atoms with E-state index in [9.17, 15) is 27.9 Å². The highest BCUT2D eigenvalue weighted by Gasteiger charge is 2.38. The Bertz CT molecular complexity index is 1410. The van der Waals surface area contributed by atoms with Crippen LogP contribution in [0.5, 0.6) is 0 Å². The maximum atomic E-state index is 13.1. The second kappa shape index (κ2) is 8.97. The molecule has 0 bridgehead atoms. The monoisotopic (exact) mass is 516 g/mol. The molecule has 2 aromatic carbocycles. The van der Waals surface area contributed by atoms with Crippen LogP contribution in [0.3, 0.4) is 0 Å². The van der Waals surface area contributed by atoms with Crippen molar-refractivity contribution >= 4 is 40.8 Å². The molecule has 2 aliphatic heterocycles. The van der Waals surface area contributed by atoms with Gasteiger partial charge in [-0.05, 0) is 61.3 Å². The first-order valence-electron chi connectivity index (χ1n) is 11.6. The highest BCUT2D eigenvalue weighted by atomic mass is 32.1. The molecule has 0 spiro atoms. The molecule has 0 unspecified atom stereocenters. The van der Waals surface area contributed by atoms with Crippen molar-refractivity contribution in [3.05, 3.63) is 64.4 Å². The van der Waals surface area contributed by atoms with E-state index in [0.717, 1.165) is 17.5 Å². The van der Waals surface area contributed by atoms with Crippen LogP contribution in [0.4, 0.5) is 19.0 Å². The number of anilines is 1. The molecule has 36 heavy (non-hydrogen) atoms. The minimum atomic E-state index is -4.50. The number of para-hydroxylation sites is 1. The Morgan fingerprint density at radius 3 is 2.61 bits per heavy atom. The van der Waals surface area contributed by atoms with E-state index in [1.165, 1.54) is 16.7 Å². The molecule has 5 rings (SSSR count). The molecule has 3 heterocycles. The number of aromatic nitrogens is 2. The van der Waals surface area contributed by atoms with Crippen LogP contribution in [0.1, 0.15) is 41.6 Å². The van der Waals surface area contributed by atoms with Crippen LogP contribution in [0.25, 0.3) is 10.9 Å². The number of amides is 1. The van der Waals surface area contributed by atoms with Crippen LogP contribution in [0, 0.1) is 4.77 Å². The second-order valence-electron chi connectivity index (χ2n) is 9.16. The highest BCUT2D eigenvalue weighted by Crippen LogP contribution is 2.37. The van der Waals surface area contributed by atoms with E-state index >= 15 is 0 Å². The fourth-order valence-corrected chi connectivity index (χ4v) is 5.17. The highest BCUT2D eigenvalue weighted by molar-refractivity contribution is 7.71. The summed E-state index contributed by atoms with van der Waals surface area (Å²) < 4.78 is 40.8. The first kappa shape index (κ1) is 24.4. The van der Waals surface area contributed by atoms with Crippen molar-refractivity contribution in [3.8, 4) is 0 Å². The first-order chi connectivity index (χ1) is 17.1. The summed E-state index contributed by atoms with van der Waals surface area (Å²) in [6.07, 6.45) is -3.91. The molecule has 1 saturated heterocycles. The van der Waals surface area contributed by atoms with E-state index in [1.54, 1.807) is 4.90 Å². The van der Waals surface area contributed by atoms with Gasteiger partial charge in [-0.2, -0.15) is 13.2 Å². The number of rotatable bonds is 4. The van der Waals surface area contributed by atoms with Gasteiger partial charge in [0.1, 0.15) is 11.9 Å². The Hall–Kier alpha value is -3.31. The van der Waals surface area contributed by atoms with Gasteiger partial charge in [-0.3, -0.25) is 9.59 Å². The van der Waals surface area contributed by atoms with E-state index in [-0.39, 0.29) is 60.9 Å². The zero-order chi connectivity index (χ0) is 25.7. The number of benzene rings is 2. The minimum Gasteiger partial charge on any atom is -0.385 e. The normalized spacial score (nSPS) is 19.3. The second-order valence-corrected chi connectivity index (χ2v) is 9.53. The molecule has 1 amide bonds. The fourth-order valence-electron chi connectivity index (χ4n) is 4.89. The molecular weight excluding hydrogens is 493 g/mol. The third-order valence-corrected chi connectivity index (χ3v) is 7.21. The number of nitrogens with zero attached hydrogens (tertiary/aromatic N) is 3. The lowest BCUT2D eigenvalue weighted by atomic mass is 9.83. The van der Waals surface area contributed by atoms with Crippen LogP contribution >= 0.6 is 12.2 Å². The molecule has 3 aromatic rings. The zero-order valence-electron chi connectivity index (χ0n) is 19.1. The summed E-state index contributed by atoms with van der Waals surface area (Å²) in [7, 11) is 0. The predicted octanol–water partition coefficient (Wildman–Crippen LogP) is 4.51. The van der Waals surface area contributed by atoms with Crippen molar-refractivity contribution in [3.63, 3.8) is 0 Å². The summed E-state index contributed by atoms with van der Waals surface area (Å²) in [5, 5.41) is 14.9. The molecule has 11 heteroatoms. The third kappa shape index (κ3) is 4.37. The molecule has 1 atom stereocenters. The van der Waals surface area contributed by atoms with Gasteiger partial charge in [0.05, 0.1) is 16.7 Å². The first-order valence-corrected chi connectivity index (χ1v) is 12.0. The summed E-state index contributed by atoms with van der Waals surface area (Å²) in [5.41, 5.74) is -1.38. The van der Waals surface area contributed by atoms with Crippen LogP contribution in [-0.4, -0.2) is 50.5 Å². The molecule has 0 radical (unpaired) electrons. The van der Waals surface area contributed by atoms with Crippen molar-refractivity contribution in [2.75, 3.05) is 18.4 Å². The summed E-state index contributed by atoms with van der Waals surface area (Å²) in [5.74, 6) is 0.119. The van der Waals surface area contributed by atoms with Crippen molar-refractivity contribution in [1.82, 2.24) is 14.5 Å². The lowest BCUT2D eigenvalue weighted by Crippen LogP contribution is -2.45. The van der Waals surface area contributed by atoms with Gasteiger partial charge in [0.15, 0.2) is 0 Å². The summed E-state index contributed by atoms with van der Waals surface area (Å²) in [6.45, 7) is 0.412. The van der Waals surface area contributed by atoms with Gasteiger partial charge < -0.3 is 15.3 Å². The minimum absolute atomic E-state index is 0.0953. The van der Waals surface area contributed by atoms with Gasteiger partial charge >= 0.3 is 6.18 Å². The summed E-state index contributed by atoms with van der Waals surface area (Å²) in [6, 6.07) is 11.4. The van der Waals surface area contributed by atoms with Crippen molar-refractivity contribution in [2.24, 2.45) is 0 Å². The van der Waals surface area contributed by atoms with Gasteiger partial charge in [0, 0.05) is 24.9 Å². The Morgan fingerprint density at radius 2 is 1.89 bits per heavy atom. The number of alkyl halides is 3. The van der Waals surface area contributed by atoms with Gasteiger partial charge in [-0.15, -0.1) is 0 Å². The maximum Gasteiger partial charge on any atom is 0.416 e. The van der Waals surface area contributed by atoms with Crippen LogP contribution in [0.15, 0.2) is 48.5 Å². The number of aliphatic hydroxyl groups is 1. The maximum absolute atomic E-state index is 13.1. The summed E-state index contributed by atoms with van der Waals surface area (Å²) >= 11 is 5.29. The number of hydrogen-bond acceptors (Lipinski definition) is 6. The molecular formula is C25H23F3N4O3S. The zero-order valence-corrected chi connectivity index (χ0v) is 19.9. The Balaban J connectivity index is 1.21. The van der Waals surface area contributed by atoms with Gasteiger partial charge in [0.25, 0.3) is 5.91 Å². The number of nitrogens with one attached hydrogen (secondary N) is 1. The van der Waals surface area contributed by atoms with E-state index in [0.29, 0.717) is 11.3 Å². The number of fused-ring (bicyclic) bond motifs is 3. The van der Waals surface area contributed by atoms with Crippen LogP contribution in [0.2, 0.25) is 0 Å². The number of hydrogen-bond donors (Lipinski definition) is 2. The fraction of sp³-hybridized carbons (Fsp3) is 0.360. The molecule has 0 saturated carbocycles. The molecule has 188 valence electrons. The molecule has 2 N–H and O–H groups in total. The van der Waals surface area contributed by atoms with Gasteiger partial charge in [-0.25, -0.2) is 9.55 Å². The number of piperidine rings is 1.